The molecule has 4 unspecified atom stereocenters. The van der Waals surface area contributed by atoms with Crippen molar-refractivity contribution >= 4 is 11.6 Å². The van der Waals surface area contributed by atoms with E-state index in [1.165, 1.54) is 31.3 Å². The van der Waals surface area contributed by atoms with Crippen molar-refractivity contribution in [1.29, 1.82) is 0 Å². The van der Waals surface area contributed by atoms with Gasteiger partial charge in [-0.1, -0.05) is 19.4 Å². The van der Waals surface area contributed by atoms with Crippen LogP contribution < -0.4 is 0 Å². The van der Waals surface area contributed by atoms with E-state index in [0.717, 1.165) is 43.4 Å². The number of hydrogen-bond donors (Lipinski definition) is 0. The molecule has 0 bridgehead atoms. The lowest BCUT2D eigenvalue weighted by Gasteiger charge is -2.58. The van der Waals surface area contributed by atoms with Crippen LogP contribution in [0.15, 0.2) is 11.6 Å². The number of rotatable bonds is 1. The Balaban J connectivity index is 1.67. The molecule has 0 spiro atoms. The van der Waals surface area contributed by atoms with Crippen LogP contribution in [-0.4, -0.2) is 11.6 Å². The second-order valence-electron chi connectivity index (χ2n) is 9.25. The van der Waals surface area contributed by atoms with Crippen LogP contribution in [0, 0.1) is 34.5 Å². The van der Waals surface area contributed by atoms with Gasteiger partial charge in [0.05, 0.1) is 0 Å². The Kier molecular flexibility index (Phi) is 3.42. The van der Waals surface area contributed by atoms with Gasteiger partial charge >= 0.3 is 0 Å². The fraction of sp³-hybridized carbons (Fsp3) is 0.810. The van der Waals surface area contributed by atoms with E-state index < -0.39 is 0 Å². The summed E-state index contributed by atoms with van der Waals surface area (Å²) in [4.78, 5) is 24.0. The summed E-state index contributed by atoms with van der Waals surface area (Å²) in [6.07, 6.45) is 10.9. The second kappa shape index (κ2) is 5.04. The molecule has 0 aromatic carbocycles. The minimum absolute atomic E-state index is 0.245. The molecule has 23 heavy (non-hydrogen) atoms. The van der Waals surface area contributed by atoms with Gasteiger partial charge in [0.15, 0.2) is 5.78 Å². The van der Waals surface area contributed by atoms with Gasteiger partial charge in [-0.3, -0.25) is 9.59 Å². The van der Waals surface area contributed by atoms with E-state index in [4.69, 9.17) is 0 Å². The summed E-state index contributed by atoms with van der Waals surface area (Å²) in [6.45, 7) is 6.65. The Labute approximate surface area is 140 Å². The van der Waals surface area contributed by atoms with Gasteiger partial charge in [0.1, 0.15) is 5.78 Å². The van der Waals surface area contributed by atoms with Crippen LogP contribution in [0.3, 0.4) is 0 Å². The summed E-state index contributed by atoms with van der Waals surface area (Å²) in [7, 11) is 0. The van der Waals surface area contributed by atoms with Crippen molar-refractivity contribution in [1.82, 2.24) is 0 Å². The lowest BCUT2D eigenvalue weighted by molar-refractivity contribution is -0.128. The molecule has 2 heteroatoms. The molecule has 0 aromatic heterocycles. The number of hydrogen-bond acceptors (Lipinski definition) is 2. The van der Waals surface area contributed by atoms with E-state index in [9.17, 15) is 9.59 Å². The third kappa shape index (κ3) is 2.06. The van der Waals surface area contributed by atoms with Gasteiger partial charge in [0.2, 0.25) is 0 Å². The van der Waals surface area contributed by atoms with Gasteiger partial charge in [-0.15, -0.1) is 0 Å². The van der Waals surface area contributed by atoms with Crippen LogP contribution >= 0.6 is 0 Å². The number of Topliss-reactive ketones (excluding diaryl/α,β-unsaturated/α-hetero) is 1. The molecule has 4 rings (SSSR count). The Hall–Kier alpha value is -0.920. The zero-order valence-electron chi connectivity index (χ0n) is 14.9. The number of carbonyl (C=O) groups is 2. The van der Waals surface area contributed by atoms with E-state index >= 15 is 0 Å². The van der Waals surface area contributed by atoms with Crippen molar-refractivity contribution in [3.63, 3.8) is 0 Å². The van der Waals surface area contributed by atoms with Crippen LogP contribution in [-0.2, 0) is 9.59 Å². The predicted octanol–water partition coefficient (Wildman–Crippen LogP) is 4.72. The first-order valence-corrected chi connectivity index (χ1v) is 9.60. The highest BCUT2D eigenvalue weighted by molar-refractivity contribution is 5.91. The molecule has 6 atom stereocenters. The molecule has 0 amide bonds. The molecule has 4 aliphatic carbocycles. The van der Waals surface area contributed by atoms with Crippen molar-refractivity contribution in [3.8, 4) is 0 Å². The highest BCUT2D eigenvalue weighted by atomic mass is 16.1. The van der Waals surface area contributed by atoms with E-state index in [-0.39, 0.29) is 10.8 Å². The van der Waals surface area contributed by atoms with Crippen molar-refractivity contribution < 1.29 is 9.59 Å². The van der Waals surface area contributed by atoms with E-state index in [1.54, 1.807) is 6.92 Å². The Morgan fingerprint density at radius 3 is 2.57 bits per heavy atom. The Bertz CT molecular complexity index is 589. The fourth-order valence-corrected chi connectivity index (χ4v) is 7.23. The molecule has 2 nitrogen and oxygen atoms in total. The molecule has 0 N–H and O–H groups in total. The first-order chi connectivity index (χ1) is 10.9. The van der Waals surface area contributed by atoms with E-state index in [2.05, 4.69) is 13.8 Å². The molecule has 0 heterocycles. The molecule has 4 aliphatic rings. The van der Waals surface area contributed by atoms with Gasteiger partial charge in [0, 0.05) is 12.3 Å². The summed E-state index contributed by atoms with van der Waals surface area (Å²) in [5.41, 5.74) is 1.95. The molecule has 0 saturated heterocycles. The van der Waals surface area contributed by atoms with Gasteiger partial charge < -0.3 is 0 Å². The predicted molar refractivity (Wildman–Crippen MR) is 90.9 cm³/mol. The Morgan fingerprint density at radius 1 is 1.04 bits per heavy atom. The third-order valence-electron chi connectivity index (χ3n) is 8.45. The molecule has 3 fully saturated rings. The number of ketones is 2. The largest absolute Gasteiger partial charge is 0.300 e. The smallest absolute Gasteiger partial charge is 0.155 e. The molecule has 126 valence electrons. The van der Waals surface area contributed by atoms with Crippen LogP contribution in [0.4, 0.5) is 0 Å². The highest BCUT2D eigenvalue weighted by Crippen LogP contribution is 2.66. The van der Waals surface area contributed by atoms with Crippen LogP contribution in [0.5, 0.6) is 0 Å². The number of carbonyl (C=O) groups excluding carboxylic acids is 2. The lowest BCUT2D eigenvalue weighted by atomic mass is 9.47. The summed E-state index contributed by atoms with van der Waals surface area (Å²) >= 11 is 0. The monoisotopic (exact) mass is 314 g/mol. The van der Waals surface area contributed by atoms with Crippen LogP contribution in [0.25, 0.3) is 0 Å². The second-order valence-corrected chi connectivity index (χ2v) is 9.25. The number of fused-ring (bicyclic) bond motifs is 5. The first-order valence-electron chi connectivity index (χ1n) is 9.60. The van der Waals surface area contributed by atoms with Crippen LogP contribution in [0.2, 0.25) is 0 Å². The zero-order chi connectivity index (χ0) is 16.4. The maximum atomic E-state index is 12.1. The average Bonchev–Trinajstić information content (AvgIpc) is 2.85. The van der Waals surface area contributed by atoms with E-state index in [0.29, 0.717) is 17.5 Å². The Morgan fingerprint density at radius 2 is 1.83 bits per heavy atom. The SMILES string of the molecule is CC(=O)[C@H]1CCC2C3CCC4=CC(=O)CC[C@]4(C)C3CCC21C. The summed E-state index contributed by atoms with van der Waals surface area (Å²) in [5, 5.41) is 0. The summed E-state index contributed by atoms with van der Waals surface area (Å²) < 4.78 is 0. The number of allylic oxidation sites excluding steroid dienone is 1. The lowest BCUT2D eigenvalue weighted by Crippen LogP contribution is -2.51. The van der Waals surface area contributed by atoms with Crippen molar-refractivity contribution in [3.05, 3.63) is 11.6 Å². The molecule has 0 aromatic rings. The minimum atomic E-state index is 0.245. The van der Waals surface area contributed by atoms with Crippen molar-refractivity contribution in [2.45, 2.75) is 72.1 Å². The van der Waals surface area contributed by atoms with Gasteiger partial charge in [0.25, 0.3) is 0 Å². The summed E-state index contributed by atoms with van der Waals surface area (Å²) in [6, 6.07) is 0. The maximum Gasteiger partial charge on any atom is 0.155 e. The van der Waals surface area contributed by atoms with Gasteiger partial charge in [-0.25, -0.2) is 0 Å². The fourth-order valence-electron chi connectivity index (χ4n) is 7.23. The van der Waals surface area contributed by atoms with Crippen molar-refractivity contribution in [2.24, 2.45) is 34.5 Å². The van der Waals surface area contributed by atoms with Gasteiger partial charge in [-0.05, 0) is 86.5 Å². The standard InChI is InChI=1S/C21H30O2/c1-13(22)17-6-7-18-16-5-4-14-12-15(23)8-10-20(14,2)19(16)9-11-21(17,18)3/h12,16-19H,4-11H2,1-3H3/t16?,17-,18?,19?,20+,21?/m1/s1. The van der Waals surface area contributed by atoms with Gasteiger partial charge in [-0.2, -0.15) is 0 Å². The molecule has 3 saturated carbocycles. The maximum absolute atomic E-state index is 12.1. The van der Waals surface area contributed by atoms with Crippen LogP contribution in [0.1, 0.15) is 72.1 Å². The van der Waals surface area contributed by atoms with Crippen molar-refractivity contribution in [2.75, 3.05) is 0 Å². The third-order valence-corrected chi connectivity index (χ3v) is 8.45. The topological polar surface area (TPSA) is 34.1 Å². The minimum Gasteiger partial charge on any atom is -0.300 e. The molecule has 0 aliphatic heterocycles. The highest BCUT2D eigenvalue weighted by Gasteiger charge is 2.59. The molecular weight excluding hydrogens is 284 g/mol. The first kappa shape index (κ1) is 15.6. The normalized spacial score (nSPS) is 49.0. The molecule has 0 radical (unpaired) electrons. The summed E-state index contributed by atoms with van der Waals surface area (Å²) in [5.74, 6) is 3.29. The molecular formula is C21H30O2. The average molecular weight is 314 g/mol. The zero-order valence-corrected chi connectivity index (χ0v) is 14.9. The van der Waals surface area contributed by atoms with E-state index in [1.807, 2.05) is 6.08 Å². The quantitative estimate of drug-likeness (QED) is 0.701.